The number of hydrogen-bond donors (Lipinski definition) is 1. The van der Waals surface area contributed by atoms with Crippen LogP contribution in [0.2, 0.25) is 0 Å². The van der Waals surface area contributed by atoms with Crippen LogP contribution in [-0.4, -0.2) is 69.8 Å². The summed E-state index contributed by atoms with van der Waals surface area (Å²) in [7, 11) is 1.59. The van der Waals surface area contributed by atoms with Crippen molar-refractivity contribution in [1.82, 2.24) is 29.6 Å². The summed E-state index contributed by atoms with van der Waals surface area (Å²) in [5, 5.41) is 3.06. The molecule has 3 aromatic heterocycles. The van der Waals surface area contributed by atoms with Crippen molar-refractivity contribution in [1.29, 1.82) is 0 Å². The summed E-state index contributed by atoms with van der Waals surface area (Å²) in [6.07, 6.45) is 11.9. The van der Waals surface area contributed by atoms with Gasteiger partial charge in [-0.25, -0.2) is 14.8 Å². The lowest BCUT2D eigenvalue weighted by Gasteiger charge is -2.30. The van der Waals surface area contributed by atoms with Crippen molar-refractivity contribution in [3.05, 3.63) is 61.9 Å². The van der Waals surface area contributed by atoms with Crippen LogP contribution in [-0.2, 0) is 4.74 Å². The second-order valence-corrected chi connectivity index (χ2v) is 8.62. The Kier molecular flexibility index (Phi) is 10.7. The Morgan fingerprint density at radius 1 is 1.26 bits per heavy atom. The Morgan fingerprint density at radius 2 is 2.08 bits per heavy atom. The maximum absolute atomic E-state index is 13.2. The Labute approximate surface area is 224 Å². The molecular weight excluding hydrogens is 484 g/mol. The van der Waals surface area contributed by atoms with Gasteiger partial charge in [-0.05, 0) is 39.7 Å². The molecule has 204 valence electrons. The van der Waals surface area contributed by atoms with E-state index in [0.717, 1.165) is 5.56 Å². The van der Waals surface area contributed by atoms with E-state index in [1.54, 1.807) is 36.6 Å². The van der Waals surface area contributed by atoms with Crippen LogP contribution in [0.3, 0.4) is 0 Å². The predicted molar refractivity (Wildman–Crippen MR) is 148 cm³/mol. The number of hydrogen-bond acceptors (Lipinski definition) is 7. The van der Waals surface area contributed by atoms with E-state index in [0.29, 0.717) is 67.9 Å². The molecule has 0 aliphatic heterocycles. The first-order valence-electron chi connectivity index (χ1n) is 12.8. The molecule has 10 heteroatoms. The minimum absolute atomic E-state index is 0.161. The van der Waals surface area contributed by atoms with Crippen molar-refractivity contribution in [2.75, 3.05) is 33.5 Å². The molecule has 3 aromatic rings. The molecule has 1 N–H and O–H groups in total. The van der Waals surface area contributed by atoms with Crippen molar-refractivity contribution in [3.63, 3.8) is 0 Å². The molecule has 0 aliphatic carbocycles. The molecule has 0 aliphatic rings. The molecule has 0 saturated carbocycles. The zero-order valence-corrected chi connectivity index (χ0v) is 22.7. The van der Waals surface area contributed by atoms with Crippen LogP contribution in [0.5, 0.6) is 11.6 Å². The number of imidazole rings is 1. The topological polar surface area (TPSA) is 103 Å². The van der Waals surface area contributed by atoms with Gasteiger partial charge in [0.1, 0.15) is 5.75 Å². The number of nitrogens with one attached hydrogen (secondary N) is 1. The Balaban J connectivity index is 1.93. The van der Waals surface area contributed by atoms with Crippen molar-refractivity contribution in [2.45, 2.75) is 45.7 Å². The zero-order chi connectivity index (χ0) is 27.5. The highest BCUT2D eigenvalue weighted by atomic mass is 16.5. The van der Waals surface area contributed by atoms with Crippen LogP contribution >= 0.6 is 0 Å². The highest BCUT2D eigenvalue weighted by Crippen LogP contribution is 2.33. The van der Waals surface area contributed by atoms with Crippen LogP contribution in [0.15, 0.2) is 56.2 Å². The zero-order valence-electron chi connectivity index (χ0n) is 22.7. The van der Waals surface area contributed by atoms with Crippen LogP contribution in [0, 0.1) is 0 Å². The molecule has 0 spiro atoms. The average molecular weight is 523 g/mol. The quantitative estimate of drug-likeness (QED) is 0.225. The van der Waals surface area contributed by atoms with E-state index >= 15 is 0 Å². The molecular formula is C28H38N6O4. The fourth-order valence-corrected chi connectivity index (χ4v) is 4.06. The van der Waals surface area contributed by atoms with E-state index in [-0.39, 0.29) is 18.1 Å². The second kappa shape index (κ2) is 14.1. The maximum Gasteiger partial charge on any atom is 0.318 e. The molecule has 38 heavy (non-hydrogen) atoms. The lowest BCUT2D eigenvalue weighted by atomic mass is 10.1. The molecule has 0 radical (unpaired) electrons. The molecule has 2 amide bonds. The summed E-state index contributed by atoms with van der Waals surface area (Å²) in [4.78, 5) is 28.7. The third-order valence-electron chi connectivity index (χ3n) is 6.09. The first kappa shape index (κ1) is 28.6. The minimum atomic E-state index is -0.318. The summed E-state index contributed by atoms with van der Waals surface area (Å²) < 4.78 is 18.9. The predicted octanol–water partition coefficient (Wildman–Crippen LogP) is 4.83. The number of carbonyl (C=O) groups is 1. The van der Waals surface area contributed by atoms with Crippen LogP contribution in [0.1, 0.15) is 45.3 Å². The number of fused-ring (bicyclic) bond motifs is 1. The number of ether oxygens (including phenoxy) is 3. The van der Waals surface area contributed by atoms with Gasteiger partial charge in [0.05, 0.1) is 50.0 Å². The van der Waals surface area contributed by atoms with Gasteiger partial charge in [0.25, 0.3) is 5.88 Å². The van der Waals surface area contributed by atoms with Gasteiger partial charge in [0, 0.05) is 37.3 Å². The summed E-state index contributed by atoms with van der Waals surface area (Å²) in [5.74, 6) is 0.972. The van der Waals surface area contributed by atoms with Crippen molar-refractivity contribution >= 4 is 11.7 Å². The number of aromatic nitrogens is 4. The lowest BCUT2D eigenvalue weighted by Crippen LogP contribution is -2.47. The van der Waals surface area contributed by atoms with E-state index in [1.165, 1.54) is 0 Å². The highest BCUT2D eigenvalue weighted by molar-refractivity contribution is 5.75. The summed E-state index contributed by atoms with van der Waals surface area (Å²) >= 11 is 0. The third-order valence-corrected chi connectivity index (χ3v) is 6.09. The Bertz CT molecular complexity index is 1230. The van der Waals surface area contributed by atoms with E-state index in [4.69, 9.17) is 19.2 Å². The Morgan fingerprint density at radius 3 is 2.76 bits per heavy atom. The fourth-order valence-electron chi connectivity index (χ4n) is 4.06. The number of urea groups is 1. The number of amides is 2. The second-order valence-electron chi connectivity index (χ2n) is 8.62. The van der Waals surface area contributed by atoms with Gasteiger partial charge in [-0.1, -0.05) is 12.2 Å². The van der Waals surface area contributed by atoms with Crippen LogP contribution in [0.25, 0.3) is 16.9 Å². The van der Waals surface area contributed by atoms with Gasteiger partial charge in [-0.15, -0.1) is 13.2 Å². The highest BCUT2D eigenvalue weighted by Gasteiger charge is 2.25. The molecule has 1 unspecified atom stereocenters. The number of carbonyl (C=O) groups excluding carboxylic acids is 1. The largest absolute Gasteiger partial charge is 0.494 e. The minimum Gasteiger partial charge on any atom is -0.494 e. The molecule has 0 bridgehead atoms. The molecule has 0 fully saturated rings. The smallest absolute Gasteiger partial charge is 0.318 e. The third kappa shape index (κ3) is 6.89. The van der Waals surface area contributed by atoms with Crippen molar-refractivity contribution < 1.29 is 19.0 Å². The van der Waals surface area contributed by atoms with Crippen molar-refractivity contribution in [3.8, 4) is 22.9 Å². The van der Waals surface area contributed by atoms with E-state index in [1.807, 2.05) is 43.6 Å². The van der Waals surface area contributed by atoms with Gasteiger partial charge >= 0.3 is 6.03 Å². The van der Waals surface area contributed by atoms with Gasteiger partial charge < -0.3 is 28.8 Å². The number of methoxy groups -OCH3 is 1. The Hall–Kier alpha value is -3.92. The average Bonchev–Trinajstić information content (AvgIpc) is 3.41. The molecule has 0 saturated heterocycles. The SMILES string of the molecule is C=CCCOc1nc(-c2cc([C@@H](C)N(CC)C(=O)NC(CC=C)COCC)ncc2OC)cn2ccnc12. The molecule has 10 nitrogen and oxygen atoms in total. The number of rotatable bonds is 15. The first-order valence-corrected chi connectivity index (χ1v) is 12.8. The van der Waals surface area contributed by atoms with Gasteiger partial charge in [-0.3, -0.25) is 4.98 Å². The van der Waals surface area contributed by atoms with Gasteiger partial charge in [-0.2, -0.15) is 0 Å². The standard InChI is InChI=1S/C28H38N6O4/c1-7-11-15-38-27-26-29-13-14-33(26)18-24(32-27)22-16-23(30-17-25(22)36-6)20(5)34(9-3)28(35)31-21(12-8-2)19-37-10-4/h7-8,13-14,16-18,20-21H,1-2,9-12,15,19H2,3-6H3,(H,31,35)/t20-,21?/m1/s1. The summed E-state index contributed by atoms with van der Waals surface area (Å²) in [6.45, 7) is 15.3. The van der Waals surface area contributed by atoms with Gasteiger partial charge in [0.2, 0.25) is 5.65 Å². The number of pyridine rings is 1. The van der Waals surface area contributed by atoms with E-state index in [2.05, 4.69) is 28.4 Å². The molecule has 2 atom stereocenters. The van der Waals surface area contributed by atoms with Gasteiger partial charge in [0.15, 0.2) is 0 Å². The van der Waals surface area contributed by atoms with Crippen LogP contribution < -0.4 is 14.8 Å². The maximum atomic E-state index is 13.2. The number of nitrogens with zero attached hydrogens (tertiary/aromatic N) is 5. The molecule has 0 aromatic carbocycles. The van der Waals surface area contributed by atoms with Crippen LogP contribution in [0.4, 0.5) is 4.79 Å². The summed E-state index contributed by atoms with van der Waals surface area (Å²) in [6, 6.07) is 1.23. The monoisotopic (exact) mass is 522 g/mol. The molecule has 3 heterocycles. The van der Waals surface area contributed by atoms with E-state index in [9.17, 15) is 4.79 Å². The van der Waals surface area contributed by atoms with Crippen molar-refractivity contribution in [2.24, 2.45) is 0 Å². The normalized spacial score (nSPS) is 12.5. The summed E-state index contributed by atoms with van der Waals surface area (Å²) in [5.41, 5.74) is 2.68. The first-order chi connectivity index (χ1) is 18.5. The fraction of sp³-hybridized carbons (Fsp3) is 0.429. The van der Waals surface area contributed by atoms with E-state index < -0.39 is 0 Å². The molecule has 3 rings (SSSR count). The lowest BCUT2D eigenvalue weighted by molar-refractivity contribution is 0.118.